The van der Waals surface area contributed by atoms with E-state index in [2.05, 4.69) is 139 Å². The molecular formula is C58H42N6OSi2. The lowest BCUT2D eigenvalue weighted by atomic mass is 10.2. The van der Waals surface area contributed by atoms with E-state index in [1.165, 1.54) is 0 Å². The summed E-state index contributed by atoms with van der Waals surface area (Å²) in [6.45, 7) is -5.72. The van der Waals surface area contributed by atoms with Gasteiger partial charge in [0.1, 0.15) is 19.6 Å². The van der Waals surface area contributed by atoms with E-state index in [-0.39, 0.29) is 16.1 Å². The molecule has 1 aliphatic rings. The number of hydrogen-bond donors (Lipinski definition) is 0. The molecular weight excluding hydrogens is 853 g/mol. The third kappa shape index (κ3) is 5.26. The Morgan fingerprint density at radius 2 is 0.955 bits per heavy atom. The first-order chi connectivity index (χ1) is 35.5. The van der Waals surface area contributed by atoms with Crippen LogP contribution in [0.5, 0.6) is 11.5 Å². The molecule has 0 aliphatic carbocycles. The largest absolute Gasteiger partial charge is 0.458 e. The predicted molar refractivity (Wildman–Crippen MR) is 280 cm³/mol. The summed E-state index contributed by atoms with van der Waals surface area (Å²) in [5.41, 5.74) is 9.60. The Balaban J connectivity index is 1.03. The predicted octanol–water partition coefficient (Wildman–Crippen LogP) is 9.48. The Kier molecular flexibility index (Phi) is 6.83. The molecule has 9 aromatic carbocycles. The van der Waals surface area contributed by atoms with Gasteiger partial charge in [0.25, 0.3) is 0 Å². The first-order valence-corrected chi connectivity index (χ1v) is 26.4. The Morgan fingerprint density at radius 3 is 1.64 bits per heavy atom. The van der Waals surface area contributed by atoms with E-state index >= 15 is 0 Å². The molecule has 4 aromatic heterocycles. The van der Waals surface area contributed by atoms with Gasteiger partial charge in [-0.3, -0.25) is 17.9 Å². The van der Waals surface area contributed by atoms with E-state index in [1.807, 2.05) is 66.7 Å². The van der Waals surface area contributed by atoms with Crippen molar-refractivity contribution in [3.63, 3.8) is 0 Å². The van der Waals surface area contributed by atoms with Crippen LogP contribution in [0.1, 0.15) is 8.22 Å². The zero-order valence-corrected chi connectivity index (χ0v) is 37.9. The second-order valence-corrected chi connectivity index (χ2v) is 23.7. The van der Waals surface area contributed by atoms with Gasteiger partial charge in [-0.15, -0.1) is 0 Å². The molecule has 0 saturated heterocycles. The summed E-state index contributed by atoms with van der Waals surface area (Å²) >= 11 is 0. The summed E-state index contributed by atoms with van der Waals surface area (Å²) in [6.07, 6.45) is 0. The van der Waals surface area contributed by atoms with Gasteiger partial charge < -0.3 is 4.74 Å². The minimum atomic E-state index is -4.65. The number of rotatable bonds is 6. The Labute approximate surface area is 396 Å². The van der Waals surface area contributed by atoms with E-state index < -0.39 is 29.1 Å². The maximum absolute atomic E-state index is 9.20. The van der Waals surface area contributed by atoms with Crippen LogP contribution in [-0.4, -0.2) is 44.1 Å². The lowest BCUT2D eigenvalue weighted by Gasteiger charge is -2.40. The van der Waals surface area contributed by atoms with E-state index in [4.69, 9.17) is 14.7 Å². The summed E-state index contributed by atoms with van der Waals surface area (Å²) in [7, 11) is -8.26. The standard InChI is InChI=1S/C58H42N6OSi2/c1-66(2)53-32-16-15-31-52(53)65-56-54(66)33-18-34-55(56)67(41-20-5-3-6-21-41,42-22-7-4-8-23-42)43-24-17-19-39(37-43)61-48-28-12-14-30-50(48)64-51-38-40(35-36-45(51)60-58(61)64)62-47-27-11-13-29-49(47)63-46-26-10-9-25-44(46)59-57(62)63/h3-38H,1-2H3/i1D3,2D3. The third-order valence-electron chi connectivity index (χ3n) is 13.8. The number of hydrogen-bond acceptors (Lipinski definition) is 3. The van der Waals surface area contributed by atoms with Crippen molar-refractivity contribution in [2.24, 2.45) is 0 Å². The number of imidazole rings is 4. The molecule has 0 unspecified atom stereocenters. The van der Waals surface area contributed by atoms with Crippen LogP contribution in [0.25, 0.3) is 67.1 Å². The van der Waals surface area contributed by atoms with Crippen LogP contribution in [0.15, 0.2) is 218 Å². The maximum Gasteiger partial charge on any atom is 0.220 e. The molecule has 7 nitrogen and oxygen atoms in total. The van der Waals surface area contributed by atoms with Gasteiger partial charge in [0.05, 0.1) is 49.8 Å². The van der Waals surface area contributed by atoms with Crippen molar-refractivity contribution in [1.29, 1.82) is 0 Å². The number of ether oxygens (including phenoxy) is 1. The summed E-state index contributed by atoms with van der Waals surface area (Å²) in [6, 6.07) is 73.0. The average Bonchev–Trinajstić information content (AvgIpc) is 4.15. The maximum atomic E-state index is 9.20. The first kappa shape index (κ1) is 32.4. The van der Waals surface area contributed by atoms with Crippen LogP contribution in [0.2, 0.25) is 13.0 Å². The van der Waals surface area contributed by atoms with Gasteiger partial charge in [0.2, 0.25) is 11.6 Å². The molecule has 0 N–H and O–H groups in total. The molecule has 9 heteroatoms. The molecule has 1 aliphatic heterocycles. The quantitative estimate of drug-likeness (QED) is 0.124. The van der Waals surface area contributed by atoms with Crippen molar-refractivity contribution in [3.8, 4) is 22.9 Å². The minimum absolute atomic E-state index is 0.250. The van der Waals surface area contributed by atoms with Gasteiger partial charge in [-0.1, -0.05) is 159 Å². The Hall–Kier alpha value is -8.25. The van der Waals surface area contributed by atoms with Crippen LogP contribution in [0.4, 0.5) is 0 Å². The third-order valence-corrected chi connectivity index (χ3v) is 21.0. The van der Waals surface area contributed by atoms with Crippen LogP contribution in [0, 0.1) is 0 Å². The minimum Gasteiger partial charge on any atom is -0.458 e. The van der Waals surface area contributed by atoms with Crippen molar-refractivity contribution in [3.05, 3.63) is 218 Å². The second-order valence-electron chi connectivity index (χ2n) is 17.4. The normalized spacial score (nSPS) is 15.2. The van der Waals surface area contributed by atoms with Gasteiger partial charge in [-0.25, -0.2) is 9.97 Å². The zero-order chi connectivity index (χ0) is 49.4. The zero-order valence-electron chi connectivity index (χ0n) is 41.9. The van der Waals surface area contributed by atoms with Gasteiger partial charge >= 0.3 is 0 Å². The van der Waals surface area contributed by atoms with Gasteiger partial charge in [0.15, 0.2) is 8.07 Å². The van der Waals surface area contributed by atoms with Gasteiger partial charge in [-0.2, -0.15) is 0 Å². The van der Waals surface area contributed by atoms with Crippen LogP contribution in [-0.2, 0) is 0 Å². The molecule has 318 valence electrons. The summed E-state index contributed by atoms with van der Waals surface area (Å²) in [5.74, 6) is 2.13. The Bertz CT molecular complexity index is 4320. The molecule has 5 heterocycles. The molecule has 13 aromatic rings. The molecule has 0 radical (unpaired) electrons. The highest BCUT2D eigenvalue weighted by molar-refractivity contribution is 7.20. The van der Waals surface area contributed by atoms with E-state index in [0.29, 0.717) is 5.75 Å². The smallest absolute Gasteiger partial charge is 0.220 e. The molecule has 0 fully saturated rings. The Morgan fingerprint density at radius 1 is 0.433 bits per heavy atom. The SMILES string of the molecule is [2H]C([2H])([2H])[Si]1(C([2H])([2H])[2H])c2ccccc2Oc2c([Si](c3ccccc3)(c3ccccc3)c3cccc(-n4c5ccccc5n5c6cc(-n7c8ccccc8n8c9ccccc9nc78)ccc6nc45)c3)cccc21. The fraction of sp³-hybridized carbons (Fsp3) is 0.0345. The molecule has 0 saturated carbocycles. The van der Waals surface area contributed by atoms with E-state index in [9.17, 15) is 8.22 Å². The van der Waals surface area contributed by atoms with Crippen molar-refractivity contribution < 1.29 is 13.0 Å². The summed E-state index contributed by atoms with van der Waals surface area (Å²) < 4.78 is 71.1. The van der Waals surface area contributed by atoms with Crippen LogP contribution >= 0.6 is 0 Å². The first-order valence-electron chi connectivity index (χ1n) is 25.4. The van der Waals surface area contributed by atoms with E-state index in [1.54, 1.807) is 30.3 Å². The highest BCUT2D eigenvalue weighted by Gasteiger charge is 2.47. The topological polar surface area (TPSA) is 53.7 Å². The van der Waals surface area contributed by atoms with Crippen LogP contribution in [0.3, 0.4) is 0 Å². The highest BCUT2D eigenvalue weighted by atomic mass is 28.3. The second kappa shape index (κ2) is 14.1. The average molecular weight is 901 g/mol. The van der Waals surface area contributed by atoms with Crippen molar-refractivity contribution in [2.75, 3.05) is 0 Å². The van der Waals surface area contributed by atoms with Crippen molar-refractivity contribution in [2.45, 2.75) is 13.0 Å². The van der Waals surface area contributed by atoms with Gasteiger partial charge in [0, 0.05) is 13.9 Å². The molecule has 0 bridgehead atoms. The monoisotopic (exact) mass is 900 g/mol. The lowest BCUT2D eigenvalue weighted by Crippen LogP contribution is -2.75. The van der Waals surface area contributed by atoms with Gasteiger partial charge in [-0.05, 0) is 104 Å². The van der Waals surface area contributed by atoms with E-state index in [0.717, 1.165) is 87.8 Å². The molecule has 0 amide bonds. The fourth-order valence-electron chi connectivity index (χ4n) is 11.0. The molecule has 67 heavy (non-hydrogen) atoms. The molecule has 0 atom stereocenters. The summed E-state index contributed by atoms with van der Waals surface area (Å²) in [5, 5.41) is 4.28. The molecule has 0 spiro atoms. The number of benzene rings is 9. The number of nitrogens with zero attached hydrogens (tertiary/aromatic N) is 6. The van der Waals surface area contributed by atoms with Crippen LogP contribution < -0.4 is 35.9 Å². The number of aromatic nitrogens is 6. The number of fused-ring (bicyclic) bond motifs is 12. The lowest BCUT2D eigenvalue weighted by molar-refractivity contribution is 0.490. The number of para-hydroxylation sites is 8. The fourth-order valence-corrected chi connectivity index (χ4v) is 18.0. The van der Waals surface area contributed by atoms with Crippen molar-refractivity contribution >= 4 is 103 Å². The molecule has 14 rings (SSSR count). The summed E-state index contributed by atoms with van der Waals surface area (Å²) in [4.78, 5) is 10.6. The highest BCUT2D eigenvalue weighted by Crippen LogP contribution is 2.35. The van der Waals surface area contributed by atoms with Crippen molar-refractivity contribution in [1.82, 2.24) is 27.9 Å².